The summed E-state index contributed by atoms with van der Waals surface area (Å²) in [6.45, 7) is 6.13. The van der Waals surface area contributed by atoms with Crippen LogP contribution in [0.2, 0.25) is 0 Å². The standard InChI is InChI=1S/C21H30N2O/c1-16-8-6-7-11-20(16)22-21(24)17(2)23-14-12-19(13-15-23)18-9-4-3-5-10-18/h3-5,9-10,12,16-17,20H,6-8,11,13-15H2,1-2H3,(H,22,24). The van der Waals surface area contributed by atoms with Gasteiger partial charge in [-0.3, -0.25) is 9.69 Å². The van der Waals surface area contributed by atoms with Gasteiger partial charge in [0, 0.05) is 19.1 Å². The molecule has 1 amide bonds. The molecule has 3 unspecified atom stereocenters. The summed E-state index contributed by atoms with van der Waals surface area (Å²) in [6, 6.07) is 10.9. The number of hydrogen-bond acceptors (Lipinski definition) is 2. The quantitative estimate of drug-likeness (QED) is 0.911. The summed E-state index contributed by atoms with van der Waals surface area (Å²) >= 11 is 0. The van der Waals surface area contributed by atoms with E-state index in [2.05, 4.69) is 53.5 Å². The second-order valence-corrected chi connectivity index (χ2v) is 7.39. The number of carbonyl (C=O) groups is 1. The lowest BCUT2D eigenvalue weighted by molar-refractivity contribution is -0.127. The van der Waals surface area contributed by atoms with Crippen LogP contribution in [0.3, 0.4) is 0 Å². The molecule has 0 spiro atoms. The second kappa shape index (κ2) is 7.98. The Balaban J connectivity index is 1.55. The lowest BCUT2D eigenvalue weighted by Gasteiger charge is -2.34. The number of nitrogens with one attached hydrogen (secondary N) is 1. The molecule has 130 valence electrons. The zero-order valence-corrected chi connectivity index (χ0v) is 15.0. The van der Waals surface area contributed by atoms with E-state index in [1.165, 1.54) is 30.4 Å². The van der Waals surface area contributed by atoms with Crippen LogP contribution in [0.5, 0.6) is 0 Å². The lowest BCUT2D eigenvalue weighted by atomic mass is 9.86. The molecule has 1 fully saturated rings. The molecule has 1 heterocycles. The zero-order valence-electron chi connectivity index (χ0n) is 15.0. The van der Waals surface area contributed by atoms with Gasteiger partial charge in [-0.25, -0.2) is 0 Å². The maximum absolute atomic E-state index is 12.6. The van der Waals surface area contributed by atoms with Crippen molar-refractivity contribution in [3.63, 3.8) is 0 Å². The minimum atomic E-state index is -0.0484. The van der Waals surface area contributed by atoms with Gasteiger partial charge in [0.1, 0.15) is 0 Å². The number of rotatable bonds is 4. The maximum Gasteiger partial charge on any atom is 0.237 e. The van der Waals surface area contributed by atoms with Gasteiger partial charge in [-0.15, -0.1) is 0 Å². The van der Waals surface area contributed by atoms with Crippen LogP contribution >= 0.6 is 0 Å². The van der Waals surface area contributed by atoms with Gasteiger partial charge in [-0.1, -0.05) is 56.2 Å². The predicted molar refractivity (Wildman–Crippen MR) is 99.6 cm³/mol. The van der Waals surface area contributed by atoms with Crippen LogP contribution in [0.25, 0.3) is 5.57 Å². The maximum atomic E-state index is 12.6. The van der Waals surface area contributed by atoms with Crippen molar-refractivity contribution in [2.24, 2.45) is 5.92 Å². The number of nitrogens with zero attached hydrogens (tertiary/aromatic N) is 1. The largest absolute Gasteiger partial charge is 0.352 e. The molecule has 0 radical (unpaired) electrons. The Morgan fingerprint density at radius 3 is 2.62 bits per heavy atom. The molecule has 24 heavy (non-hydrogen) atoms. The summed E-state index contributed by atoms with van der Waals surface area (Å²) in [4.78, 5) is 14.9. The second-order valence-electron chi connectivity index (χ2n) is 7.39. The molecule has 2 aliphatic rings. The molecule has 0 aromatic heterocycles. The first-order valence-corrected chi connectivity index (χ1v) is 9.44. The fraction of sp³-hybridized carbons (Fsp3) is 0.571. The summed E-state index contributed by atoms with van der Waals surface area (Å²) in [5.74, 6) is 0.811. The van der Waals surface area contributed by atoms with Gasteiger partial charge in [0.15, 0.2) is 0 Å². The van der Waals surface area contributed by atoms with Gasteiger partial charge < -0.3 is 5.32 Å². The van der Waals surface area contributed by atoms with E-state index in [-0.39, 0.29) is 11.9 Å². The molecule has 0 bridgehead atoms. The highest BCUT2D eigenvalue weighted by atomic mass is 16.2. The van der Waals surface area contributed by atoms with E-state index in [0.717, 1.165) is 25.9 Å². The van der Waals surface area contributed by atoms with Crippen molar-refractivity contribution in [1.82, 2.24) is 10.2 Å². The Kier molecular flexibility index (Phi) is 5.72. The van der Waals surface area contributed by atoms with Crippen molar-refractivity contribution in [1.29, 1.82) is 0 Å². The predicted octanol–water partition coefficient (Wildman–Crippen LogP) is 3.86. The van der Waals surface area contributed by atoms with E-state index >= 15 is 0 Å². The third-order valence-corrected chi connectivity index (χ3v) is 5.75. The van der Waals surface area contributed by atoms with Gasteiger partial charge in [-0.05, 0) is 43.2 Å². The normalized spacial score (nSPS) is 26.5. The highest BCUT2D eigenvalue weighted by Gasteiger charge is 2.28. The minimum absolute atomic E-state index is 0.0484. The topological polar surface area (TPSA) is 32.3 Å². The van der Waals surface area contributed by atoms with Crippen LogP contribution < -0.4 is 5.32 Å². The Bertz CT molecular complexity index is 581. The van der Waals surface area contributed by atoms with E-state index in [9.17, 15) is 4.79 Å². The van der Waals surface area contributed by atoms with Crippen molar-refractivity contribution in [3.05, 3.63) is 42.0 Å². The van der Waals surface area contributed by atoms with Gasteiger partial charge in [0.2, 0.25) is 5.91 Å². The molecule has 1 aliphatic heterocycles. The molecule has 1 N–H and O–H groups in total. The van der Waals surface area contributed by atoms with Crippen molar-refractivity contribution < 1.29 is 4.79 Å². The highest BCUT2D eigenvalue weighted by molar-refractivity contribution is 5.82. The van der Waals surface area contributed by atoms with Crippen LogP contribution in [0.4, 0.5) is 0 Å². The first-order valence-electron chi connectivity index (χ1n) is 9.44. The monoisotopic (exact) mass is 326 g/mol. The molecule has 0 saturated heterocycles. The summed E-state index contributed by atoms with van der Waals surface area (Å²) in [7, 11) is 0. The fourth-order valence-electron chi connectivity index (χ4n) is 3.95. The third kappa shape index (κ3) is 4.07. The zero-order chi connectivity index (χ0) is 16.9. The summed E-state index contributed by atoms with van der Waals surface area (Å²) in [5.41, 5.74) is 2.71. The Hall–Kier alpha value is -1.61. The van der Waals surface area contributed by atoms with Gasteiger partial charge in [0.05, 0.1) is 6.04 Å². The molecule has 3 nitrogen and oxygen atoms in total. The lowest BCUT2D eigenvalue weighted by Crippen LogP contribution is -2.51. The highest BCUT2D eigenvalue weighted by Crippen LogP contribution is 2.25. The molecular weight excluding hydrogens is 296 g/mol. The molecule has 1 aliphatic carbocycles. The van der Waals surface area contributed by atoms with Crippen LogP contribution in [0.1, 0.15) is 51.5 Å². The van der Waals surface area contributed by atoms with E-state index in [0.29, 0.717) is 12.0 Å². The summed E-state index contributed by atoms with van der Waals surface area (Å²) in [6.07, 6.45) is 8.23. The van der Waals surface area contributed by atoms with Crippen molar-refractivity contribution in [2.75, 3.05) is 13.1 Å². The van der Waals surface area contributed by atoms with E-state index in [1.807, 2.05) is 6.92 Å². The Labute approximate surface area is 146 Å². The molecule has 3 heteroatoms. The average molecular weight is 326 g/mol. The molecule has 3 rings (SSSR count). The van der Waals surface area contributed by atoms with Crippen LogP contribution in [-0.4, -0.2) is 36.0 Å². The number of benzene rings is 1. The molecule has 1 aromatic rings. The number of carbonyl (C=O) groups excluding carboxylic acids is 1. The van der Waals surface area contributed by atoms with Crippen molar-refractivity contribution in [2.45, 2.75) is 58.0 Å². The first kappa shape index (κ1) is 17.2. The molecule has 3 atom stereocenters. The smallest absolute Gasteiger partial charge is 0.237 e. The molecular formula is C21H30N2O. The van der Waals surface area contributed by atoms with E-state index in [4.69, 9.17) is 0 Å². The summed E-state index contributed by atoms with van der Waals surface area (Å²) in [5, 5.41) is 3.31. The SMILES string of the molecule is CC1CCCCC1NC(=O)C(C)N1CC=C(c2ccccc2)CC1. The minimum Gasteiger partial charge on any atom is -0.352 e. The van der Waals surface area contributed by atoms with Crippen molar-refractivity contribution in [3.8, 4) is 0 Å². The first-order chi connectivity index (χ1) is 11.6. The van der Waals surface area contributed by atoms with Crippen molar-refractivity contribution >= 4 is 11.5 Å². The molecule has 1 aromatic carbocycles. The number of amides is 1. The Morgan fingerprint density at radius 2 is 1.96 bits per heavy atom. The van der Waals surface area contributed by atoms with Crippen LogP contribution in [0.15, 0.2) is 36.4 Å². The Morgan fingerprint density at radius 1 is 1.21 bits per heavy atom. The van der Waals surface area contributed by atoms with E-state index < -0.39 is 0 Å². The molecule has 1 saturated carbocycles. The number of hydrogen-bond donors (Lipinski definition) is 1. The van der Waals surface area contributed by atoms with Crippen LogP contribution in [-0.2, 0) is 4.79 Å². The van der Waals surface area contributed by atoms with Gasteiger partial charge in [-0.2, -0.15) is 0 Å². The third-order valence-electron chi connectivity index (χ3n) is 5.75. The summed E-state index contributed by atoms with van der Waals surface area (Å²) < 4.78 is 0. The van der Waals surface area contributed by atoms with Gasteiger partial charge in [0.25, 0.3) is 0 Å². The van der Waals surface area contributed by atoms with Crippen LogP contribution in [0, 0.1) is 5.92 Å². The fourth-order valence-corrected chi connectivity index (χ4v) is 3.95. The van der Waals surface area contributed by atoms with E-state index in [1.54, 1.807) is 0 Å². The average Bonchev–Trinajstić information content (AvgIpc) is 2.64. The van der Waals surface area contributed by atoms with Gasteiger partial charge >= 0.3 is 0 Å².